The van der Waals surface area contributed by atoms with E-state index >= 15 is 0 Å². The Hall–Kier alpha value is -3.52. The van der Waals surface area contributed by atoms with E-state index in [2.05, 4.69) is 9.97 Å². The molecule has 1 unspecified atom stereocenters. The van der Waals surface area contributed by atoms with Crippen LogP contribution in [0.25, 0.3) is 11.0 Å². The number of para-hydroxylation sites is 1. The van der Waals surface area contributed by atoms with Crippen LogP contribution in [0, 0.1) is 0 Å². The standard InChI is InChI=1S/C26H25N3O4S/c1-31-17-10-11-19(23(15-17)32-2)21-8-5-14-29(21)25(30)24-20(16-34-26-27-12-6-13-28-26)18-7-3-4-9-22(18)33-24/h3-4,6-7,9-13,15,21H,5,8,14,16H2,1-2H3. The van der Waals surface area contributed by atoms with Gasteiger partial charge < -0.3 is 18.8 Å². The van der Waals surface area contributed by atoms with Gasteiger partial charge >= 0.3 is 0 Å². The van der Waals surface area contributed by atoms with Crippen molar-refractivity contribution in [1.29, 1.82) is 0 Å². The van der Waals surface area contributed by atoms with Crippen LogP contribution in [0.1, 0.15) is 40.6 Å². The summed E-state index contributed by atoms with van der Waals surface area (Å²) in [6.45, 7) is 0.657. The number of aromatic nitrogens is 2. The normalized spacial score (nSPS) is 15.6. The molecule has 1 aliphatic rings. The van der Waals surface area contributed by atoms with Gasteiger partial charge in [0, 0.05) is 47.3 Å². The SMILES string of the molecule is COc1ccc(C2CCCN2C(=O)c2oc3ccccc3c2CSc2ncccn2)c(OC)c1. The van der Waals surface area contributed by atoms with Crippen LogP contribution in [0.4, 0.5) is 0 Å². The number of furan rings is 1. The van der Waals surface area contributed by atoms with E-state index in [1.54, 1.807) is 32.7 Å². The Morgan fingerprint density at radius 1 is 1.12 bits per heavy atom. The van der Waals surface area contributed by atoms with Crippen LogP contribution in [0.5, 0.6) is 11.5 Å². The maximum Gasteiger partial charge on any atom is 0.290 e. The largest absolute Gasteiger partial charge is 0.497 e. The number of rotatable bonds is 7. The third-order valence-electron chi connectivity index (χ3n) is 6.09. The molecule has 0 saturated carbocycles. The summed E-state index contributed by atoms with van der Waals surface area (Å²) in [5.74, 6) is 2.24. The molecular formula is C26H25N3O4S. The minimum atomic E-state index is -0.110. The van der Waals surface area contributed by atoms with Gasteiger partial charge in [0.15, 0.2) is 10.9 Å². The summed E-state index contributed by atoms with van der Waals surface area (Å²) in [5.41, 5.74) is 2.54. The Bertz CT molecular complexity index is 1310. The number of carbonyl (C=O) groups excluding carboxylic acids is 1. The van der Waals surface area contributed by atoms with Crippen LogP contribution >= 0.6 is 11.8 Å². The van der Waals surface area contributed by atoms with Gasteiger partial charge in [-0.3, -0.25) is 4.79 Å². The van der Waals surface area contributed by atoms with Crippen LogP contribution in [0.2, 0.25) is 0 Å². The maximum absolute atomic E-state index is 13.9. The lowest BCUT2D eigenvalue weighted by atomic mass is 10.0. The van der Waals surface area contributed by atoms with E-state index in [1.165, 1.54) is 11.8 Å². The molecule has 4 aromatic rings. The molecule has 8 heteroatoms. The minimum Gasteiger partial charge on any atom is -0.497 e. The number of hydrogen-bond acceptors (Lipinski definition) is 7. The van der Waals surface area contributed by atoms with E-state index < -0.39 is 0 Å². The quantitative estimate of drug-likeness (QED) is 0.258. The molecule has 0 N–H and O–H groups in total. The van der Waals surface area contributed by atoms with Gasteiger partial charge in [0.25, 0.3) is 5.91 Å². The summed E-state index contributed by atoms with van der Waals surface area (Å²) in [6.07, 6.45) is 5.20. The molecule has 1 saturated heterocycles. The minimum absolute atomic E-state index is 0.0977. The molecule has 0 spiro atoms. The molecular weight excluding hydrogens is 450 g/mol. The van der Waals surface area contributed by atoms with Gasteiger partial charge in [-0.1, -0.05) is 30.0 Å². The summed E-state index contributed by atoms with van der Waals surface area (Å²) < 4.78 is 17.1. The summed E-state index contributed by atoms with van der Waals surface area (Å²) >= 11 is 1.49. The molecule has 5 rings (SSSR count). The third-order valence-corrected chi connectivity index (χ3v) is 7.00. The van der Waals surface area contributed by atoms with E-state index in [-0.39, 0.29) is 11.9 Å². The van der Waals surface area contributed by atoms with Crippen molar-refractivity contribution >= 4 is 28.6 Å². The molecule has 1 atom stereocenters. The highest BCUT2D eigenvalue weighted by molar-refractivity contribution is 7.98. The first-order valence-electron chi connectivity index (χ1n) is 11.1. The van der Waals surface area contributed by atoms with Crippen LogP contribution in [0.3, 0.4) is 0 Å². The number of ether oxygens (including phenoxy) is 2. The Kier molecular flexibility index (Phi) is 6.40. The zero-order valence-electron chi connectivity index (χ0n) is 19.1. The van der Waals surface area contributed by atoms with Crippen molar-refractivity contribution in [1.82, 2.24) is 14.9 Å². The number of fused-ring (bicyclic) bond motifs is 1. The lowest BCUT2D eigenvalue weighted by Crippen LogP contribution is -2.31. The first-order valence-corrected chi connectivity index (χ1v) is 12.1. The van der Waals surface area contributed by atoms with E-state index in [9.17, 15) is 4.79 Å². The number of carbonyl (C=O) groups is 1. The smallest absolute Gasteiger partial charge is 0.290 e. The number of nitrogens with zero attached hydrogens (tertiary/aromatic N) is 3. The van der Waals surface area contributed by atoms with Gasteiger partial charge in [0.05, 0.1) is 20.3 Å². The number of methoxy groups -OCH3 is 2. The Balaban J connectivity index is 1.49. The lowest BCUT2D eigenvalue weighted by Gasteiger charge is -2.26. The highest BCUT2D eigenvalue weighted by Crippen LogP contribution is 2.41. The first-order chi connectivity index (χ1) is 16.7. The van der Waals surface area contributed by atoms with Crippen LogP contribution < -0.4 is 9.47 Å². The maximum atomic E-state index is 13.9. The Morgan fingerprint density at radius 2 is 1.94 bits per heavy atom. The van der Waals surface area contributed by atoms with Crippen molar-refractivity contribution in [2.75, 3.05) is 20.8 Å². The number of likely N-dealkylation sites (tertiary alicyclic amines) is 1. The third kappa shape index (κ3) is 4.21. The van der Waals surface area contributed by atoms with Gasteiger partial charge in [-0.25, -0.2) is 9.97 Å². The van der Waals surface area contributed by atoms with Crippen molar-refractivity contribution in [3.05, 3.63) is 77.8 Å². The lowest BCUT2D eigenvalue weighted by molar-refractivity contribution is 0.0703. The average molecular weight is 476 g/mol. The average Bonchev–Trinajstić information content (AvgIpc) is 3.52. The molecule has 0 radical (unpaired) electrons. The Labute approximate surface area is 202 Å². The van der Waals surface area contributed by atoms with Crippen LogP contribution in [-0.2, 0) is 5.75 Å². The molecule has 0 bridgehead atoms. The van der Waals surface area contributed by atoms with Crippen molar-refractivity contribution in [2.24, 2.45) is 0 Å². The van der Waals surface area contributed by atoms with Crippen LogP contribution in [0.15, 0.2) is 70.5 Å². The van der Waals surface area contributed by atoms with Crippen molar-refractivity contribution in [2.45, 2.75) is 29.8 Å². The zero-order chi connectivity index (χ0) is 23.5. The molecule has 2 aromatic carbocycles. The van der Waals surface area contributed by atoms with E-state index in [1.807, 2.05) is 47.4 Å². The molecule has 2 aromatic heterocycles. The van der Waals surface area contributed by atoms with Crippen molar-refractivity contribution in [3.8, 4) is 11.5 Å². The second-order valence-electron chi connectivity index (χ2n) is 7.99. The van der Waals surface area contributed by atoms with Gasteiger partial charge in [0.1, 0.15) is 17.1 Å². The topological polar surface area (TPSA) is 77.7 Å². The first kappa shape index (κ1) is 22.3. The van der Waals surface area contributed by atoms with Crippen molar-refractivity contribution < 1.29 is 18.7 Å². The highest BCUT2D eigenvalue weighted by Gasteiger charge is 2.35. The number of amides is 1. The predicted octanol–water partition coefficient (Wildman–Crippen LogP) is 5.51. The molecule has 1 amide bonds. The number of thioether (sulfide) groups is 1. The number of benzene rings is 2. The fraction of sp³-hybridized carbons (Fsp3) is 0.269. The molecule has 7 nitrogen and oxygen atoms in total. The summed E-state index contributed by atoms with van der Waals surface area (Å²) in [7, 11) is 3.26. The molecule has 1 fully saturated rings. The fourth-order valence-corrected chi connectivity index (χ4v) is 5.30. The van der Waals surface area contributed by atoms with E-state index in [4.69, 9.17) is 13.9 Å². The highest BCUT2D eigenvalue weighted by atomic mass is 32.2. The monoisotopic (exact) mass is 475 g/mol. The van der Waals surface area contributed by atoms with Gasteiger partial charge in [0.2, 0.25) is 0 Å². The van der Waals surface area contributed by atoms with Gasteiger partial charge in [-0.2, -0.15) is 0 Å². The summed E-state index contributed by atoms with van der Waals surface area (Å²) in [4.78, 5) is 24.4. The fourth-order valence-electron chi connectivity index (χ4n) is 4.47. The Morgan fingerprint density at radius 3 is 2.74 bits per heavy atom. The number of hydrogen-bond donors (Lipinski definition) is 0. The molecule has 0 aliphatic carbocycles. The summed E-state index contributed by atoms with van der Waals surface area (Å²) in [6, 6.07) is 15.2. The second kappa shape index (κ2) is 9.77. The summed E-state index contributed by atoms with van der Waals surface area (Å²) in [5, 5.41) is 1.60. The van der Waals surface area contributed by atoms with Crippen molar-refractivity contribution in [3.63, 3.8) is 0 Å². The van der Waals surface area contributed by atoms with Gasteiger partial charge in [-0.05, 0) is 37.1 Å². The van der Waals surface area contributed by atoms with E-state index in [0.717, 1.165) is 35.1 Å². The molecule has 3 heterocycles. The second-order valence-corrected chi connectivity index (χ2v) is 8.93. The molecule has 34 heavy (non-hydrogen) atoms. The van der Waals surface area contributed by atoms with Crippen LogP contribution in [-0.4, -0.2) is 41.5 Å². The predicted molar refractivity (Wildman–Crippen MR) is 130 cm³/mol. The molecule has 1 aliphatic heterocycles. The van der Waals surface area contributed by atoms with Gasteiger partial charge in [-0.15, -0.1) is 0 Å². The zero-order valence-corrected chi connectivity index (χ0v) is 19.9. The van der Waals surface area contributed by atoms with E-state index in [0.29, 0.717) is 34.5 Å². The molecule has 174 valence electrons.